The van der Waals surface area contributed by atoms with Gasteiger partial charge in [-0.05, 0) is 25.5 Å². The van der Waals surface area contributed by atoms with E-state index in [-0.39, 0.29) is 32.2 Å². The van der Waals surface area contributed by atoms with Gasteiger partial charge >= 0.3 is 6.03 Å². The van der Waals surface area contributed by atoms with Gasteiger partial charge in [-0.1, -0.05) is 24.3 Å². The van der Waals surface area contributed by atoms with Crippen LogP contribution in [-0.2, 0) is 10.2 Å². The van der Waals surface area contributed by atoms with Crippen molar-refractivity contribution >= 4 is 30.6 Å². The monoisotopic (exact) mass is 480 g/mol. The first-order chi connectivity index (χ1) is 15.9. The van der Waals surface area contributed by atoms with Gasteiger partial charge in [-0.15, -0.1) is 0 Å². The number of nitrogens with zero attached hydrogens (tertiary/aromatic N) is 5. The molecule has 1 aromatic carbocycles. The van der Waals surface area contributed by atoms with Gasteiger partial charge in [0, 0.05) is 31.5 Å². The largest absolute Gasteiger partial charge is 0.473 e. The van der Waals surface area contributed by atoms with Gasteiger partial charge in [0.1, 0.15) is 12.7 Å². The number of nitriles is 1. The molecule has 9 nitrogen and oxygen atoms in total. The molecule has 2 aromatic heterocycles. The zero-order valence-corrected chi connectivity index (χ0v) is 20.4. The molecule has 0 radical (unpaired) electrons. The van der Waals surface area contributed by atoms with Gasteiger partial charge in [0.05, 0.1) is 35.8 Å². The molecule has 0 unspecified atom stereocenters. The van der Waals surface area contributed by atoms with Gasteiger partial charge in [0.15, 0.2) is 5.52 Å². The van der Waals surface area contributed by atoms with E-state index in [2.05, 4.69) is 21.4 Å². The van der Waals surface area contributed by atoms with E-state index in [4.69, 9.17) is 14.5 Å². The number of carbonyl (C=O) groups excluding carboxylic acids is 1. The van der Waals surface area contributed by atoms with Crippen LogP contribution < -0.4 is 10.1 Å². The van der Waals surface area contributed by atoms with Crippen molar-refractivity contribution in [2.24, 2.45) is 0 Å². The predicted molar refractivity (Wildman–Crippen MR) is 133 cm³/mol. The van der Waals surface area contributed by atoms with E-state index in [0.717, 1.165) is 11.1 Å². The Morgan fingerprint density at radius 1 is 1.29 bits per heavy atom. The number of pyridine rings is 1. The number of urea groups is 1. The number of amides is 2. The summed E-state index contributed by atoms with van der Waals surface area (Å²) in [6.45, 7) is 5.41. The first-order valence-electron chi connectivity index (χ1n) is 10.8. The second kappa shape index (κ2) is 10.7. The molecule has 1 N–H and O–H groups in total. The second-order valence-electron chi connectivity index (χ2n) is 8.36. The lowest BCUT2D eigenvalue weighted by molar-refractivity contribution is -0.0354. The summed E-state index contributed by atoms with van der Waals surface area (Å²) < 4.78 is 11.8. The number of rotatable bonds is 5. The Kier molecular flexibility index (Phi) is 7.91. The van der Waals surface area contributed by atoms with Gasteiger partial charge in [-0.2, -0.15) is 18.8 Å². The Morgan fingerprint density at radius 2 is 2.03 bits per heavy atom. The molecule has 2 amide bonds. The third-order valence-electron chi connectivity index (χ3n) is 5.65. The summed E-state index contributed by atoms with van der Waals surface area (Å²) >= 11 is 0. The number of hydrogen-bond acceptors (Lipinski definition) is 7. The van der Waals surface area contributed by atoms with Crippen molar-refractivity contribution in [3.8, 4) is 23.2 Å². The highest BCUT2D eigenvalue weighted by atomic mass is 32.1. The molecule has 1 fully saturated rings. The van der Waals surface area contributed by atoms with E-state index in [9.17, 15) is 10.1 Å². The molecule has 1 aliphatic rings. The Bertz CT molecular complexity index is 1200. The van der Waals surface area contributed by atoms with Crippen LogP contribution in [0.25, 0.3) is 22.3 Å². The quantitative estimate of drug-likeness (QED) is 0.597. The molecule has 1 atom stereocenters. The fourth-order valence-electron chi connectivity index (χ4n) is 3.65. The van der Waals surface area contributed by atoms with E-state index in [1.807, 2.05) is 44.2 Å². The predicted octanol–water partition coefficient (Wildman–Crippen LogP) is 3.02. The van der Waals surface area contributed by atoms with Crippen LogP contribution in [0.2, 0.25) is 0 Å². The van der Waals surface area contributed by atoms with Crippen LogP contribution in [0.3, 0.4) is 0 Å². The molecule has 3 heterocycles. The van der Waals surface area contributed by atoms with E-state index in [0.29, 0.717) is 42.3 Å². The van der Waals surface area contributed by atoms with Gasteiger partial charge < -0.3 is 19.7 Å². The molecule has 1 saturated heterocycles. The minimum atomic E-state index is -0.572. The average Bonchev–Trinajstić information content (AvgIpc) is 2.86. The Hall–Kier alpha value is -3.42. The van der Waals surface area contributed by atoms with Gasteiger partial charge in [0.25, 0.3) is 0 Å². The number of carbonyl (C=O) groups is 1. The maximum absolute atomic E-state index is 11.9. The lowest BCUT2D eigenvalue weighted by Gasteiger charge is -2.32. The highest BCUT2D eigenvalue weighted by Gasteiger charge is 2.25. The number of hydrogen-bond donors (Lipinski definition) is 1. The molecular formula is C24H28N6O3S. The lowest BCUT2D eigenvalue weighted by atomic mass is 9.86. The van der Waals surface area contributed by atoms with Crippen molar-refractivity contribution in [1.82, 2.24) is 25.2 Å². The molecule has 0 aliphatic carbocycles. The molecule has 0 bridgehead atoms. The molecule has 34 heavy (non-hydrogen) atoms. The fraction of sp³-hybridized carbons (Fsp3) is 0.375. The Labute approximate surface area is 205 Å². The number of nitrogens with one attached hydrogen (secondary N) is 1. The summed E-state index contributed by atoms with van der Waals surface area (Å²) in [5.41, 5.74) is 3.15. The van der Waals surface area contributed by atoms with Crippen LogP contribution in [0.4, 0.5) is 4.79 Å². The fourth-order valence-corrected chi connectivity index (χ4v) is 3.65. The zero-order chi connectivity index (χ0) is 23.4. The van der Waals surface area contributed by atoms with Crippen molar-refractivity contribution in [1.29, 1.82) is 5.26 Å². The van der Waals surface area contributed by atoms with Crippen molar-refractivity contribution < 1.29 is 14.3 Å². The summed E-state index contributed by atoms with van der Waals surface area (Å²) in [6, 6.07) is 11.8. The van der Waals surface area contributed by atoms with Crippen molar-refractivity contribution in [3.05, 3.63) is 48.3 Å². The topological polar surface area (TPSA) is 113 Å². The molecule has 0 saturated carbocycles. The third kappa shape index (κ3) is 5.38. The van der Waals surface area contributed by atoms with E-state index < -0.39 is 5.41 Å². The SMILES string of the molecule is CNC(=O)N1CCO[C@H](COc2nc(-c3ccc(C(C)(C)C#N)cc3)cc3nccnc23)C1.S. The van der Waals surface area contributed by atoms with E-state index >= 15 is 0 Å². The summed E-state index contributed by atoms with van der Waals surface area (Å²) in [6.07, 6.45) is 2.94. The Morgan fingerprint density at radius 3 is 2.74 bits per heavy atom. The maximum Gasteiger partial charge on any atom is 0.317 e. The number of fused-ring (bicyclic) bond motifs is 1. The number of morpholine rings is 1. The van der Waals surface area contributed by atoms with Crippen LogP contribution in [0.5, 0.6) is 5.88 Å². The minimum Gasteiger partial charge on any atom is -0.473 e. The number of aromatic nitrogens is 3. The van der Waals surface area contributed by atoms with Crippen LogP contribution in [0.15, 0.2) is 42.7 Å². The zero-order valence-electron chi connectivity index (χ0n) is 19.4. The van der Waals surface area contributed by atoms with Gasteiger partial charge in [0.2, 0.25) is 5.88 Å². The summed E-state index contributed by atoms with van der Waals surface area (Å²) in [7, 11) is 1.61. The summed E-state index contributed by atoms with van der Waals surface area (Å²) in [5, 5.41) is 12.0. The molecular weight excluding hydrogens is 452 g/mol. The molecule has 1 aliphatic heterocycles. The highest BCUT2D eigenvalue weighted by molar-refractivity contribution is 7.59. The summed E-state index contributed by atoms with van der Waals surface area (Å²) in [5.74, 6) is 0.359. The van der Waals surface area contributed by atoms with Crippen LogP contribution in [0.1, 0.15) is 19.4 Å². The number of benzene rings is 1. The van der Waals surface area contributed by atoms with Gasteiger partial charge in [-0.3, -0.25) is 4.98 Å². The second-order valence-corrected chi connectivity index (χ2v) is 8.36. The first kappa shape index (κ1) is 25.2. The first-order valence-corrected chi connectivity index (χ1v) is 10.8. The van der Waals surface area contributed by atoms with Crippen LogP contribution in [-0.4, -0.2) is 65.3 Å². The Balaban J connectivity index is 0.00000324. The van der Waals surface area contributed by atoms with E-state index in [1.165, 1.54) is 0 Å². The third-order valence-corrected chi connectivity index (χ3v) is 5.65. The van der Waals surface area contributed by atoms with Gasteiger partial charge in [-0.25, -0.2) is 14.8 Å². The molecule has 178 valence electrons. The molecule has 4 rings (SSSR count). The molecule has 3 aromatic rings. The van der Waals surface area contributed by atoms with Crippen molar-refractivity contribution in [3.63, 3.8) is 0 Å². The average molecular weight is 481 g/mol. The molecule has 10 heteroatoms. The van der Waals surface area contributed by atoms with Crippen molar-refractivity contribution in [2.45, 2.75) is 25.4 Å². The standard InChI is InChI=1S/C24H26N6O3.H2S/c1-24(2,15-25)17-6-4-16(5-7-17)19-12-20-21(28-9-8-27-20)22(29-19)33-14-18-13-30(10-11-32-18)23(31)26-3;/h4-9,12,18H,10-11,13-14H2,1-3H3,(H,26,31);1H2/t18-;/m0./s1. The minimum absolute atomic E-state index is 0. The maximum atomic E-state index is 11.9. The number of ether oxygens (including phenoxy) is 2. The van der Waals surface area contributed by atoms with Crippen LogP contribution >= 0.6 is 13.5 Å². The normalized spacial score (nSPS) is 15.8. The van der Waals surface area contributed by atoms with Crippen LogP contribution in [0, 0.1) is 11.3 Å². The molecule has 0 spiro atoms. The smallest absolute Gasteiger partial charge is 0.317 e. The highest BCUT2D eigenvalue weighted by Crippen LogP contribution is 2.29. The van der Waals surface area contributed by atoms with E-state index in [1.54, 1.807) is 24.3 Å². The summed E-state index contributed by atoms with van der Waals surface area (Å²) in [4.78, 5) is 27.1. The lowest BCUT2D eigenvalue weighted by Crippen LogP contribution is -2.50. The van der Waals surface area contributed by atoms with Crippen molar-refractivity contribution in [2.75, 3.05) is 33.4 Å².